The Morgan fingerprint density at radius 1 is 1.00 bits per heavy atom. The first-order chi connectivity index (χ1) is 12.7. The molecule has 0 fully saturated rings. The molecule has 2 aromatic rings. The van der Waals surface area contributed by atoms with E-state index in [1.165, 1.54) is 0 Å². The van der Waals surface area contributed by atoms with Gasteiger partial charge in [0.15, 0.2) is 5.11 Å². The lowest BCUT2D eigenvalue weighted by molar-refractivity contribution is 0.175. The minimum Gasteiger partial charge on any atom is -0.497 e. The zero-order valence-electron chi connectivity index (χ0n) is 15.5. The number of hydrogen-bond donors (Lipinski definition) is 1. The van der Waals surface area contributed by atoms with E-state index in [4.69, 9.17) is 26.4 Å². The molecule has 0 unspecified atom stereocenters. The van der Waals surface area contributed by atoms with Crippen LogP contribution in [0.15, 0.2) is 48.5 Å². The van der Waals surface area contributed by atoms with Crippen LogP contribution in [0.3, 0.4) is 0 Å². The van der Waals surface area contributed by atoms with Crippen LogP contribution < -0.4 is 14.8 Å². The van der Waals surface area contributed by atoms with Gasteiger partial charge < -0.3 is 24.4 Å². The summed E-state index contributed by atoms with van der Waals surface area (Å²) in [6.45, 7) is 4.61. The SMILES string of the molecule is CCOc1ccc(NC(=S)N(CCOC)Cc2ccc(OC)cc2)cc1. The van der Waals surface area contributed by atoms with Gasteiger partial charge in [0, 0.05) is 25.9 Å². The summed E-state index contributed by atoms with van der Waals surface area (Å²) in [5.74, 6) is 1.69. The summed E-state index contributed by atoms with van der Waals surface area (Å²) in [6, 6.07) is 15.8. The Bertz CT molecular complexity index is 674. The summed E-state index contributed by atoms with van der Waals surface area (Å²) in [7, 11) is 3.35. The van der Waals surface area contributed by atoms with Gasteiger partial charge in [-0.1, -0.05) is 12.1 Å². The van der Waals surface area contributed by atoms with Crippen LogP contribution in [-0.2, 0) is 11.3 Å². The molecule has 140 valence electrons. The van der Waals surface area contributed by atoms with Gasteiger partial charge in [0.1, 0.15) is 11.5 Å². The standard InChI is InChI=1S/C20H26N2O3S/c1-4-25-19-11-7-17(8-12-19)21-20(26)22(13-14-23-2)15-16-5-9-18(24-3)10-6-16/h5-12H,4,13-15H2,1-3H3,(H,21,26). The molecule has 0 atom stereocenters. The number of nitrogens with one attached hydrogen (secondary N) is 1. The fraction of sp³-hybridized carbons (Fsp3) is 0.350. The van der Waals surface area contributed by atoms with Crippen LogP contribution in [0.2, 0.25) is 0 Å². The zero-order valence-corrected chi connectivity index (χ0v) is 16.3. The predicted octanol–water partition coefficient (Wildman–Crippen LogP) is 3.94. The number of methoxy groups -OCH3 is 2. The molecule has 0 saturated carbocycles. The van der Waals surface area contributed by atoms with Crippen LogP contribution in [-0.4, -0.2) is 44.0 Å². The van der Waals surface area contributed by atoms with Crippen LogP contribution in [0, 0.1) is 0 Å². The molecule has 0 bridgehead atoms. The number of benzene rings is 2. The van der Waals surface area contributed by atoms with Crippen LogP contribution in [0.4, 0.5) is 5.69 Å². The van der Waals surface area contributed by atoms with E-state index in [0.717, 1.165) is 22.7 Å². The maximum absolute atomic E-state index is 5.61. The lowest BCUT2D eigenvalue weighted by Crippen LogP contribution is -2.36. The highest BCUT2D eigenvalue weighted by molar-refractivity contribution is 7.80. The van der Waals surface area contributed by atoms with E-state index in [1.807, 2.05) is 55.5 Å². The molecule has 26 heavy (non-hydrogen) atoms. The number of nitrogens with zero attached hydrogens (tertiary/aromatic N) is 1. The summed E-state index contributed by atoms with van der Waals surface area (Å²) < 4.78 is 15.9. The molecule has 0 aliphatic rings. The lowest BCUT2D eigenvalue weighted by Gasteiger charge is -2.26. The zero-order chi connectivity index (χ0) is 18.8. The average molecular weight is 375 g/mol. The number of rotatable bonds is 9. The molecule has 1 N–H and O–H groups in total. The number of hydrogen-bond acceptors (Lipinski definition) is 4. The van der Waals surface area contributed by atoms with Gasteiger partial charge in [-0.05, 0) is 61.1 Å². The molecule has 0 spiro atoms. The second kappa shape index (κ2) is 10.6. The molecule has 0 saturated heterocycles. The van der Waals surface area contributed by atoms with Crippen molar-refractivity contribution < 1.29 is 14.2 Å². The highest BCUT2D eigenvalue weighted by Gasteiger charge is 2.11. The number of ether oxygens (including phenoxy) is 3. The lowest BCUT2D eigenvalue weighted by atomic mass is 10.2. The van der Waals surface area contributed by atoms with Gasteiger partial charge in [-0.25, -0.2) is 0 Å². The Kier molecular flexibility index (Phi) is 8.18. The quantitative estimate of drug-likeness (QED) is 0.671. The van der Waals surface area contributed by atoms with Gasteiger partial charge in [0.25, 0.3) is 0 Å². The summed E-state index contributed by atoms with van der Waals surface area (Å²) in [4.78, 5) is 2.08. The molecule has 2 aromatic carbocycles. The topological polar surface area (TPSA) is 43.0 Å². The van der Waals surface area contributed by atoms with E-state index in [0.29, 0.717) is 31.4 Å². The van der Waals surface area contributed by atoms with Crippen molar-refractivity contribution in [3.8, 4) is 11.5 Å². The largest absolute Gasteiger partial charge is 0.497 e. The third-order valence-corrected chi connectivity index (χ3v) is 4.16. The van der Waals surface area contributed by atoms with E-state index < -0.39 is 0 Å². The van der Waals surface area contributed by atoms with Crippen molar-refractivity contribution in [2.45, 2.75) is 13.5 Å². The van der Waals surface area contributed by atoms with Crippen LogP contribution in [0.1, 0.15) is 12.5 Å². The van der Waals surface area contributed by atoms with Crippen molar-refractivity contribution in [2.75, 3.05) is 39.3 Å². The van der Waals surface area contributed by atoms with Crippen molar-refractivity contribution in [2.24, 2.45) is 0 Å². The van der Waals surface area contributed by atoms with Crippen molar-refractivity contribution in [3.05, 3.63) is 54.1 Å². The fourth-order valence-electron chi connectivity index (χ4n) is 2.41. The number of thiocarbonyl (C=S) groups is 1. The van der Waals surface area contributed by atoms with Gasteiger partial charge in [-0.2, -0.15) is 0 Å². The molecule has 5 nitrogen and oxygen atoms in total. The third kappa shape index (κ3) is 6.20. The molecule has 0 radical (unpaired) electrons. The molecule has 0 aliphatic heterocycles. The average Bonchev–Trinajstić information content (AvgIpc) is 2.67. The molecule has 0 heterocycles. The van der Waals surface area contributed by atoms with Crippen LogP contribution in [0.5, 0.6) is 11.5 Å². The van der Waals surface area contributed by atoms with Gasteiger partial charge in [-0.15, -0.1) is 0 Å². The molecule has 6 heteroatoms. The van der Waals surface area contributed by atoms with Crippen molar-refractivity contribution in [1.29, 1.82) is 0 Å². The minimum absolute atomic E-state index is 0.598. The molecular formula is C20H26N2O3S. The van der Waals surface area contributed by atoms with Crippen molar-refractivity contribution in [3.63, 3.8) is 0 Å². The minimum atomic E-state index is 0.598. The van der Waals surface area contributed by atoms with Gasteiger partial charge in [-0.3, -0.25) is 0 Å². The fourth-order valence-corrected chi connectivity index (χ4v) is 2.68. The van der Waals surface area contributed by atoms with E-state index in [-0.39, 0.29) is 0 Å². The monoisotopic (exact) mass is 374 g/mol. The smallest absolute Gasteiger partial charge is 0.173 e. The molecule has 0 aromatic heterocycles. The first-order valence-corrected chi connectivity index (χ1v) is 8.97. The van der Waals surface area contributed by atoms with E-state index in [9.17, 15) is 0 Å². The summed E-state index contributed by atoms with van der Waals surface area (Å²) >= 11 is 5.61. The van der Waals surface area contributed by atoms with Crippen molar-refractivity contribution in [1.82, 2.24) is 4.90 Å². The maximum Gasteiger partial charge on any atom is 0.173 e. The first-order valence-electron chi connectivity index (χ1n) is 8.57. The Labute approximate surface area is 160 Å². The van der Waals surface area contributed by atoms with Crippen LogP contribution in [0.25, 0.3) is 0 Å². The Morgan fingerprint density at radius 3 is 2.23 bits per heavy atom. The second-order valence-corrected chi connectivity index (χ2v) is 6.04. The van der Waals surface area contributed by atoms with Crippen LogP contribution >= 0.6 is 12.2 Å². The highest BCUT2D eigenvalue weighted by atomic mass is 32.1. The number of anilines is 1. The Hall–Kier alpha value is -2.31. The highest BCUT2D eigenvalue weighted by Crippen LogP contribution is 2.17. The van der Waals surface area contributed by atoms with Gasteiger partial charge >= 0.3 is 0 Å². The Balaban J connectivity index is 2.02. The van der Waals surface area contributed by atoms with E-state index in [2.05, 4.69) is 10.2 Å². The van der Waals surface area contributed by atoms with Crippen molar-refractivity contribution >= 4 is 23.0 Å². The maximum atomic E-state index is 5.61. The molecule has 0 amide bonds. The summed E-state index contributed by atoms with van der Waals surface area (Å²) in [5, 5.41) is 3.94. The summed E-state index contributed by atoms with van der Waals surface area (Å²) in [5.41, 5.74) is 2.08. The van der Waals surface area contributed by atoms with E-state index in [1.54, 1.807) is 14.2 Å². The molecule has 2 rings (SSSR count). The Morgan fingerprint density at radius 2 is 1.65 bits per heavy atom. The first kappa shape index (κ1) is 20.0. The molecular weight excluding hydrogens is 348 g/mol. The summed E-state index contributed by atoms with van der Waals surface area (Å²) in [6.07, 6.45) is 0. The predicted molar refractivity (Wildman–Crippen MR) is 109 cm³/mol. The second-order valence-electron chi connectivity index (χ2n) is 5.65. The van der Waals surface area contributed by atoms with Gasteiger partial charge in [0.2, 0.25) is 0 Å². The van der Waals surface area contributed by atoms with Gasteiger partial charge in [0.05, 0.1) is 20.3 Å². The van der Waals surface area contributed by atoms with E-state index >= 15 is 0 Å². The third-order valence-electron chi connectivity index (χ3n) is 3.80. The molecule has 0 aliphatic carbocycles. The normalized spacial score (nSPS) is 10.3.